The Bertz CT molecular complexity index is 997. The van der Waals surface area contributed by atoms with E-state index >= 15 is 0 Å². The number of hydrogen-bond donors (Lipinski definition) is 3. The van der Waals surface area contributed by atoms with Crippen LogP contribution in [0.1, 0.15) is 29.6 Å². The van der Waals surface area contributed by atoms with Gasteiger partial charge in [0.05, 0.1) is 16.3 Å². The lowest BCUT2D eigenvalue weighted by atomic mass is 9.71. The Labute approximate surface area is 173 Å². The van der Waals surface area contributed by atoms with Crippen molar-refractivity contribution in [2.75, 3.05) is 5.32 Å². The van der Waals surface area contributed by atoms with Crippen molar-refractivity contribution >= 4 is 23.3 Å². The van der Waals surface area contributed by atoms with Gasteiger partial charge in [0.2, 0.25) is 5.91 Å². The molecule has 0 unspecified atom stereocenters. The number of nitrogens with zero attached hydrogens (tertiary/aromatic N) is 2. The van der Waals surface area contributed by atoms with Gasteiger partial charge in [-0.3, -0.25) is 4.79 Å². The van der Waals surface area contributed by atoms with E-state index in [9.17, 15) is 9.18 Å². The third-order valence-electron chi connectivity index (χ3n) is 4.99. The molecule has 1 aliphatic carbocycles. The highest BCUT2D eigenvalue weighted by Crippen LogP contribution is 2.43. The molecule has 1 aromatic heterocycles. The van der Waals surface area contributed by atoms with Crippen molar-refractivity contribution in [1.29, 1.82) is 0 Å². The summed E-state index contributed by atoms with van der Waals surface area (Å²) in [6.45, 7) is 3.91. The van der Waals surface area contributed by atoms with Gasteiger partial charge in [-0.25, -0.2) is 4.39 Å². The lowest BCUT2D eigenvalue weighted by Gasteiger charge is -2.44. The third kappa shape index (κ3) is 4.30. The van der Waals surface area contributed by atoms with Gasteiger partial charge in [0.15, 0.2) is 0 Å². The lowest BCUT2D eigenvalue weighted by molar-refractivity contribution is 0.100. The van der Waals surface area contributed by atoms with Crippen molar-refractivity contribution < 1.29 is 9.18 Å². The monoisotopic (exact) mass is 413 g/mol. The van der Waals surface area contributed by atoms with E-state index in [4.69, 9.17) is 23.1 Å². The molecule has 29 heavy (non-hydrogen) atoms. The number of primary amides is 1. The molecule has 1 amide bonds. The maximum atomic E-state index is 14.4. The van der Waals surface area contributed by atoms with Crippen LogP contribution in [-0.4, -0.2) is 21.6 Å². The summed E-state index contributed by atoms with van der Waals surface area (Å²) in [5, 5.41) is 12.1. The molecule has 0 saturated heterocycles. The second-order valence-electron chi connectivity index (χ2n) is 6.80. The summed E-state index contributed by atoms with van der Waals surface area (Å²) >= 11 is 6.22. The van der Waals surface area contributed by atoms with E-state index in [2.05, 4.69) is 22.1 Å². The van der Waals surface area contributed by atoms with E-state index in [1.54, 1.807) is 30.3 Å². The molecule has 1 saturated carbocycles. The molecule has 1 aromatic carbocycles. The first-order valence-corrected chi connectivity index (χ1v) is 9.39. The molecule has 6 nitrogen and oxygen atoms in total. The average molecular weight is 414 g/mol. The number of carbonyl (C=O) groups excluding carboxylic acids is 1. The van der Waals surface area contributed by atoms with Crippen molar-refractivity contribution in [3.8, 4) is 11.3 Å². The number of benzene rings is 1. The van der Waals surface area contributed by atoms with Crippen molar-refractivity contribution in [2.24, 2.45) is 11.5 Å². The molecule has 150 valence electrons. The van der Waals surface area contributed by atoms with Crippen LogP contribution >= 0.6 is 11.6 Å². The van der Waals surface area contributed by atoms with Gasteiger partial charge in [-0.05, 0) is 67.9 Å². The first-order valence-electron chi connectivity index (χ1n) is 9.02. The zero-order valence-corrected chi connectivity index (χ0v) is 16.4. The number of aromatic nitrogens is 2. The fourth-order valence-electron chi connectivity index (χ4n) is 3.16. The standard InChI is InChI=1S/C21H21ClFN5O/c1-13(17(23)4-2-11-24)21(9-3-10-21)26-19-8-7-18(27-28-19)15-12-14(20(25)29)5-6-16(15)22/h2,4-8,11-12H,1,3,9-10,24H2,(H2,25,29)(H,26,28)/b11-2-,17-4+. The van der Waals surface area contributed by atoms with Gasteiger partial charge in [-0.15, -0.1) is 10.2 Å². The zero-order chi connectivity index (χ0) is 21.0. The van der Waals surface area contributed by atoms with Crippen LogP contribution in [0.5, 0.6) is 0 Å². The molecule has 5 N–H and O–H groups in total. The first-order chi connectivity index (χ1) is 13.9. The van der Waals surface area contributed by atoms with E-state index < -0.39 is 17.3 Å². The highest BCUT2D eigenvalue weighted by Gasteiger charge is 2.41. The quantitative estimate of drug-likeness (QED) is 0.592. The zero-order valence-electron chi connectivity index (χ0n) is 15.7. The van der Waals surface area contributed by atoms with Crippen molar-refractivity contribution in [3.05, 3.63) is 77.2 Å². The van der Waals surface area contributed by atoms with Gasteiger partial charge < -0.3 is 16.8 Å². The van der Waals surface area contributed by atoms with E-state index in [1.807, 2.05) is 0 Å². The van der Waals surface area contributed by atoms with Gasteiger partial charge >= 0.3 is 0 Å². The summed E-state index contributed by atoms with van der Waals surface area (Å²) in [4.78, 5) is 11.4. The van der Waals surface area contributed by atoms with Crippen molar-refractivity contribution in [3.63, 3.8) is 0 Å². The Morgan fingerprint density at radius 1 is 1.28 bits per heavy atom. The molecule has 8 heteroatoms. The highest BCUT2D eigenvalue weighted by atomic mass is 35.5. The summed E-state index contributed by atoms with van der Waals surface area (Å²) in [6, 6.07) is 8.15. The molecule has 0 aliphatic heterocycles. The molecule has 3 rings (SSSR count). The molecule has 1 aliphatic rings. The van der Waals surface area contributed by atoms with Crippen LogP contribution in [-0.2, 0) is 0 Å². The Kier molecular flexibility index (Phi) is 5.98. The van der Waals surface area contributed by atoms with E-state index in [0.717, 1.165) is 19.3 Å². The van der Waals surface area contributed by atoms with Crippen LogP contribution in [0.2, 0.25) is 5.02 Å². The van der Waals surface area contributed by atoms with Gasteiger partial charge in [0.25, 0.3) is 0 Å². The third-order valence-corrected chi connectivity index (χ3v) is 5.32. The maximum Gasteiger partial charge on any atom is 0.248 e. The number of carbonyl (C=O) groups is 1. The molecule has 0 atom stereocenters. The predicted octanol–water partition coefficient (Wildman–Crippen LogP) is 4.11. The average Bonchev–Trinajstić information content (AvgIpc) is 2.69. The molecule has 0 spiro atoms. The summed E-state index contributed by atoms with van der Waals surface area (Å²) in [5.74, 6) is -0.503. The number of hydrogen-bond acceptors (Lipinski definition) is 5. The number of anilines is 1. The first kappa shape index (κ1) is 20.5. The summed E-state index contributed by atoms with van der Waals surface area (Å²) in [7, 11) is 0. The molecule has 0 radical (unpaired) electrons. The Hall–Kier alpha value is -3.19. The van der Waals surface area contributed by atoms with Crippen LogP contribution in [0.15, 0.2) is 66.7 Å². The minimum Gasteiger partial charge on any atom is -0.405 e. The number of amides is 1. The lowest BCUT2D eigenvalue weighted by Crippen LogP contribution is -2.47. The summed E-state index contributed by atoms with van der Waals surface area (Å²) in [5.41, 5.74) is 11.7. The second kappa shape index (κ2) is 8.45. The molecular weight excluding hydrogens is 393 g/mol. The fraction of sp³-hybridized carbons (Fsp3) is 0.190. The number of halogens is 2. The summed E-state index contributed by atoms with van der Waals surface area (Å²) in [6.07, 6.45) is 6.38. The largest absolute Gasteiger partial charge is 0.405 e. The maximum absolute atomic E-state index is 14.4. The topological polar surface area (TPSA) is 107 Å². The number of nitrogens with one attached hydrogen (secondary N) is 1. The minimum absolute atomic E-state index is 0.326. The van der Waals surface area contributed by atoms with E-state index in [-0.39, 0.29) is 0 Å². The highest BCUT2D eigenvalue weighted by molar-refractivity contribution is 6.33. The molecule has 1 fully saturated rings. The molecular formula is C21H21ClFN5O. The van der Waals surface area contributed by atoms with Gasteiger partial charge in [-0.2, -0.15) is 0 Å². The Morgan fingerprint density at radius 2 is 2.03 bits per heavy atom. The molecule has 2 aromatic rings. The van der Waals surface area contributed by atoms with Crippen LogP contribution < -0.4 is 16.8 Å². The van der Waals surface area contributed by atoms with E-state index in [0.29, 0.717) is 33.2 Å². The van der Waals surface area contributed by atoms with Gasteiger partial charge in [0, 0.05) is 16.7 Å². The smallest absolute Gasteiger partial charge is 0.248 e. The normalized spacial score (nSPS) is 15.7. The predicted molar refractivity (Wildman–Crippen MR) is 113 cm³/mol. The van der Waals surface area contributed by atoms with Gasteiger partial charge in [-0.1, -0.05) is 18.2 Å². The molecule has 1 heterocycles. The Morgan fingerprint density at radius 3 is 2.59 bits per heavy atom. The van der Waals surface area contributed by atoms with E-state index in [1.165, 1.54) is 18.4 Å². The van der Waals surface area contributed by atoms with Crippen LogP contribution in [0.25, 0.3) is 11.3 Å². The second-order valence-corrected chi connectivity index (χ2v) is 7.21. The summed E-state index contributed by atoms with van der Waals surface area (Å²) < 4.78 is 14.4. The van der Waals surface area contributed by atoms with Crippen molar-refractivity contribution in [1.82, 2.24) is 10.2 Å². The number of rotatable bonds is 7. The number of nitrogens with two attached hydrogens (primary N) is 2. The van der Waals surface area contributed by atoms with Gasteiger partial charge in [0.1, 0.15) is 11.6 Å². The van der Waals surface area contributed by atoms with Crippen LogP contribution in [0, 0.1) is 0 Å². The van der Waals surface area contributed by atoms with Crippen molar-refractivity contribution in [2.45, 2.75) is 24.8 Å². The SMILES string of the molecule is C=C(/C(F)=C\C=C/N)C1(Nc2ccc(-c3cc(C(N)=O)ccc3Cl)nn2)CCC1. The molecule has 0 bridgehead atoms. The fourth-order valence-corrected chi connectivity index (χ4v) is 3.38. The van der Waals surface area contributed by atoms with Crippen LogP contribution in [0.3, 0.4) is 0 Å². The van der Waals surface area contributed by atoms with Crippen LogP contribution in [0.4, 0.5) is 10.2 Å². The Balaban J connectivity index is 1.83. The number of allylic oxidation sites excluding steroid dienone is 2. The minimum atomic E-state index is -0.608.